The zero-order valence-electron chi connectivity index (χ0n) is 17.4. The molecule has 1 fully saturated rings. The lowest BCUT2D eigenvalue weighted by Crippen LogP contribution is -2.43. The summed E-state index contributed by atoms with van der Waals surface area (Å²) in [5, 5.41) is 6.83. The van der Waals surface area contributed by atoms with E-state index in [0.717, 1.165) is 0 Å². The number of aromatic nitrogens is 2. The van der Waals surface area contributed by atoms with E-state index in [1.165, 1.54) is 15.6 Å². The molecule has 1 aliphatic heterocycles. The lowest BCUT2D eigenvalue weighted by molar-refractivity contribution is -0.120. The molecule has 4 rings (SSSR count). The molecule has 164 valence electrons. The predicted octanol–water partition coefficient (Wildman–Crippen LogP) is 3.71. The summed E-state index contributed by atoms with van der Waals surface area (Å²) in [6, 6.07) is 10.8. The highest BCUT2D eigenvalue weighted by molar-refractivity contribution is 7.89. The van der Waals surface area contributed by atoms with Gasteiger partial charge < -0.3 is 9.84 Å². The fraction of sp³-hybridized carbons (Fsp3) is 0.381. The number of nitrogens with zero attached hydrogens (tertiary/aromatic N) is 3. The van der Waals surface area contributed by atoms with Crippen molar-refractivity contribution in [1.82, 2.24) is 14.4 Å². The molecule has 0 aliphatic carbocycles. The molecule has 1 aliphatic rings. The number of para-hydroxylation sites is 1. The Morgan fingerprint density at radius 1 is 1.32 bits per heavy atom. The van der Waals surface area contributed by atoms with E-state index in [9.17, 15) is 13.2 Å². The molecule has 0 radical (unpaired) electrons. The number of piperidine rings is 1. The number of hydrogen-bond donors (Lipinski definition) is 1. The number of benzene rings is 1. The van der Waals surface area contributed by atoms with Gasteiger partial charge in [0.05, 0.1) is 15.7 Å². The van der Waals surface area contributed by atoms with Crippen molar-refractivity contribution in [2.24, 2.45) is 5.92 Å². The highest BCUT2D eigenvalue weighted by atomic mass is 32.2. The Labute approximate surface area is 185 Å². The maximum Gasteiger partial charge on any atom is 0.244 e. The standard InChI is InChI=1S/C21H24N4O4S2/c1-3-19-23-20(24-29-19)17-12-18(14(2)30-17)31(27,28)25-11-7-8-15(13-25)21(26)22-16-9-5-4-6-10-16/h4-6,9-10,12,15H,3,7-8,11,13H2,1-2H3,(H,22,26)/t15-/m0/s1. The molecule has 1 atom stereocenters. The summed E-state index contributed by atoms with van der Waals surface area (Å²) in [7, 11) is -3.74. The average molecular weight is 461 g/mol. The zero-order chi connectivity index (χ0) is 22.0. The van der Waals surface area contributed by atoms with Crippen LogP contribution in [0.15, 0.2) is 45.8 Å². The summed E-state index contributed by atoms with van der Waals surface area (Å²) in [4.78, 5) is 18.5. The molecule has 0 bridgehead atoms. The first kappa shape index (κ1) is 21.7. The van der Waals surface area contributed by atoms with Crippen LogP contribution < -0.4 is 5.32 Å². The zero-order valence-corrected chi connectivity index (χ0v) is 19.0. The first-order chi connectivity index (χ1) is 14.9. The van der Waals surface area contributed by atoms with Crippen LogP contribution in [0.4, 0.5) is 5.69 Å². The fourth-order valence-corrected chi connectivity index (χ4v) is 6.62. The van der Waals surface area contributed by atoms with E-state index < -0.39 is 15.9 Å². The van der Waals surface area contributed by atoms with Crippen molar-refractivity contribution in [2.75, 3.05) is 18.4 Å². The Morgan fingerprint density at radius 3 is 2.81 bits per heavy atom. The summed E-state index contributed by atoms with van der Waals surface area (Å²) in [5.74, 6) is 0.345. The molecule has 1 amide bonds. The van der Waals surface area contributed by atoms with Gasteiger partial charge in [-0.25, -0.2) is 8.42 Å². The number of rotatable bonds is 6. The number of sulfonamides is 1. The van der Waals surface area contributed by atoms with Crippen LogP contribution in [0, 0.1) is 12.8 Å². The van der Waals surface area contributed by atoms with E-state index in [2.05, 4.69) is 15.5 Å². The molecule has 2 aromatic heterocycles. The largest absolute Gasteiger partial charge is 0.339 e. The summed E-state index contributed by atoms with van der Waals surface area (Å²) in [6.45, 7) is 4.23. The fourth-order valence-electron chi connectivity index (χ4n) is 3.61. The van der Waals surface area contributed by atoms with Crippen molar-refractivity contribution in [3.05, 3.63) is 47.2 Å². The van der Waals surface area contributed by atoms with Crippen LogP contribution in [0.5, 0.6) is 0 Å². The van der Waals surface area contributed by atoms with Crippen molar-refractivity contribution in [3.8, 4) is 10.7 Å². The van der Waals surface area contributed by atoms with E-state index in [1.54, 1.807) is 13.0 Å². The molecule has 3 aromatic rings. The van der Waals surface area contributed by atoms with Gasteiger partial charge in [0, 0.05) is 30.1 Å². The average Bonchev–Trinajstić information content (AvgIpc) is 3.41. The highest BCUT2D eigenvalue weighted by Gasteiger charge is 2.35. The van der Waals surface area contributed by atoms with Gasteiger partial charge in [0.15, 0.2) is 0 Å². The Balaban J connectivity index is 1.52. The van der Waals surface area contributed by atoms with Crippen LogP contribution in [-0.2, 0) is 21.2 Å². The van der Waals surface area contributed by atoms with Gasteiger partial charge in [-0.2, -0.15) is 9.29 Å². The highest BCUT2D eigenvalue weighted by Crippen LogP contribution is 2.35. The lowest BCUT2D eigenvalue weighted by atomic mass is 9.99. The van der Waals surface area contributed by atoms with Crippen LogP contribution >= 0.6 is 11.3 Å². The van der Waals surface area contributed by atoms with Crippen LogP contribution in [0.1, 0.15) is 30.5 Å². The maximum atomic E-state index is 13.4. The number of carbonyl (C=O) groups is 1. The molecule has 1 aromatic carbocycles. The van der Waals surface area contributed by atoms with E-state index in [1.807, 2.05) is 37.3 Å². The third kappa shape index (κ3) is 4.56. The second-order valence-electron chi connectivity index (χ2n) is 7.45. The van der Waals surface area contributed by atoms with Crippen molar-refractivity contribution >= 4 is 33.0 Å². The molecule has 10 heteroatoms. The van der Waals surface area contributed by atoms with Crippen LogP contribution in [0.3, 0.4) is 0 Å². The minimum atomic E-state index is -3.74. The molecule has 1 saturated heterocycles. The summed E-state index contributed by atoms with van der Waals surface area (Å²) in [6.07, 6.45) is 1.90. The smallest absolute Gasteiger partial charge is 0.244 e. The first-order valence-corrected chi connectivity index (χ1v) is 12.4. The van der Waals surface area contributed by atoms with Crippen molar-refractivity contribution in [1.29, 1.82) is 0 Å². The van der Waals surface area contributed by atoms with Gasteiger partial charge in [0.2, 0.25) is 27.6 Å². The Kier molecular flexibility index (Phi) is 6.22. The normalized spacial score (nSPS) is 17.5. The molecule has 0 unspecified atom stereocenters. The molecule has 0 spiro atoms. The van der Waals surface area contributed by atoms with Gasteiger partial charge in [0.1, 0.15) is 0 Å². The van der Waals surface area contributed by atoms with Gasteiger partial charge in [-0.15, -0.1) is 11.3 Å². The van der Waals surface area contributed by atoms with E-state index in [-0.39, 0.29) is 17.3 Å². The second-order valence-corrected chi connectivity index (χ2v) is 10.6. The topological polar surface area (TPSA) is 105 Å². The van der Waals surface area contributed by atoms with Crippen molar-refractivity contribution in [2.45, 2.75) is 38.0 Å². The number of hydrogen-bond acceptors (Lipinski definition) is 7. The SMILES string of the molecule is CCc1nc(-c2cc(S(=O)(=O)N3CCC[C@H](C(=O)Nc4ccccc4)C3)c(C)s2)no1. The predicted molar refractivity (Wildman–Crippen MR) is 118 cm³/mol. The summed E-state index contributed by atoms with van der Waals surface area (Å²) < 4.78 is 33.3. The second kappa shape index (κ2) is 8.89. The number of nitrogens with one attached hydrogen (secondary N) is 1. The van der Waals surface area contributed by atoms with Gasteiger partial charge >= 0.3 is 0 Å². The number of carbonyl (C=O) groups excluding carboxylic acids is 1. The first-order valence-electron chi connectivity index (χ1n) is 10.2. The number of aryl methyl sites for hydroxylation is 2. The maximum absolute atomic E-state index is 13.4. The van der Waals surface area contributed by atoms with Crippen LogP contribution in [-0.4, -0.2) is 41.9 Å². The summed E-state index contributed by atoms with van der Waals surface area (Å²) >= 11 is 1.32. The Bertz CT molecular complexity index is 1170. The number of anilines is 1. The van der Waals surface area contributed by atoms with Gasteiger partial charge in [0.25, 0.3) is 0 Å². The van der Waals surface area contributed by atoms with Crippen molar-refractivity contribution in [3.63, 3.8) is 0 Å². The van der Waals surface area contributed by atoms with Gasteiger partial charge in [-0.1, -0.05) is 30.3 Å². The van der Waals surface area contributed by atoms with E-state index in [4.69, 9.17) is 4.52 Å². The molecule has 31 heavy (non-hydrogen) atoms. The minimum Gasteiger partial charge on any atom is -0.339 e. The molecular formula is C21H24N4O4S2. The number of thiophene rings is 1. The molecule has 8 nitrogen and oxygen atoms in total. The quantitative estimate of drug-likeness (QED) is 0.601. The lowest BCUT2D eigenvalue weighted by Gasteiger charge is -2.31. The molecule has 1 N–H and O–H groups in total. The number of amides is 1. The third-order valence-corrected chi connectivity index (χ3v) is 8.44. The molecular weight excluding hydrogens is 436 g/mol. The van der Waals surface area contributed by atoms with Crippen LogP contribution in [0.25, 0.3) is 10.7 Å². The molecule has 3 heterocycles. The Morgan fingerprint density at radius 2 is 2.10 bits per heavy atom. The van der Waals surface area contributed by atoms with Crippen LogP contribution in [0.2, 0.25) is 0 Å². The van der Waals surface area contributed by atoms with E-state index in [0.29, 0.717) is 53.0 Å². The van der Waals surface area contributed by atoms with Crippen molar-refractivity contribution < 1.29 is 17.7 Å². The molecule has 0 saturated carbocycles. The van der Waals surface area contributed by atoms with E-state index >= 15 is 0 Å². The monoisotopic (exact) mass is 460 g/mol. The summed E-state index contributed by atoms with van der Waals surface area (Å²) in [5.41, 5.74) is 0.706. The van der Waals surface area contributed by atoms with Gasteiger partial charge in [-0.3, -0.25) is 4.79 Å². The van der Waals surface area contributed by atoms with Gasteiger partial charge in [-0.05, 0) is 38.0 Å². The minimum absolute atomic E-state index is 0.160. The third-order valence-electron chi connectivity index (χ3n) is 5.28. The Hall–Kier alpha value is -2.56.